The van der Waals surface area contributed by atoms with Gasteiger partial charge in [0, 0.05) is 4.47 Å². The standard InChI is InChI=1S/C16H12BrClN2O4S/c1-2-24-16(21)10-4-6-13(17)15(7-10)25(22,23)20-12-5-3-11(9-19)14(18)8-12/h3-8,20H,2H2,1H3. The van der Waals surface area contributed by atoms with Crippen molar-refractivity contribution in [2.75, 3.05) is 11.3 Å². The second-order valence-electron chi connectivity index (χ2n) is 4.78. The molecule has 25 heavy (non-hydrogen) atoms. The van der Waals surface area contributed by atoms with Gasteiger partial charge in [0.15, 0.2) is 0 Å². The van der Waals surface area contributed by atoms with Crippen LogP contribution in [0.3, 0.4) is 0 Å². The van der Waals surface area contributed by atoms with Crippen molar-refractivity contribution in [2.45, 2.75) is 11.8 Å². The molecule has 0 heterocycles. The van der Waals surface area contributed by atoms with E-state index >= 15 is 0 Å². The first-order valence-electron chi connectivity index (χ1n) is 6.97. The fourth-order valence-corrected chi connectivity index (χ4v) is 4.19. The van der Waals surface area contributed by atoms with Crippen LogP contribution in [0.1, 0.15) is 22.8 Å². The molecule has 130 valence electrons. The molecule has 2 rings (SSSR count). The van der Waals surface area contributed by atoms with Gasteiger partial charge in [-0.25, -0.2) is 13.2 Å². The fraction of sp³-hybridized carbons (Fsp3) is 0.125. The van der Waals surface area contributed by atoms with Gasteiger partial charge in [-0.1, -0.05) is 11.6 Å². The summed E-state index contributed by atoms with van der Waals surface area (Å²) in [6.07, 6.45) is 0. The Balaban J connectivity index is 2.39. The molecule has 0 atom stereocenters. The topological polar surface area (TPSA) is 96.3 Å². The smallest absolute Gasteiger partial charge is 0.338 e. The molecule has 0 aliphatic carbocycles. The van der Waals surface area contributed by atoms with Crippen molar-refractivity contribution in [3.63, 3.8) is 0 Å². The monoisotopic (exact) mass is 442 g/mol. The molecule has 0 saturated heterocycles. The maximum Gasteiger partial charge on any atom is 0.338 e. The molecular weight excluding hydrogens is 432 g/mol. The third-order valence-electron chi connectivity index (χ3n) is 3.07. The van der Waals surface area contributed by atoms with Crippen LogP contribution in [0.2, 0.25) is 5.02 Å². The number of halogens is 2. The van der Waals surface area contributed by atoms with Gasteiger partial charge in [0.1, 0.15) is 11.0 Å². The molecule has 9 heteroatoms. The lowest BCUT2D eigenvalue weighted by atomic mass is 10.2. The molecule has 6 nitrogen and oxygen atoms in total. The van der Waals surface area contributed by atoms with Crippen LogP contribution in [0, 0.1) is 11.3 Å². The molecule has 2 aromatic rings. The normalized spacial score (nSPS) is 10.8. The summed E-state index contributed by atoms with van der Waals surface area (Å²) in [5.41, 5.74) is 0.538. The zero-order valence-corrected chi connectivity index (χ0v) is 16.1. The van der Waals surface area contributed by atoms with Crippen molar-refractivity contribution >= 4 is 49.2 Å². The van der Waals surface area contributed by atoms with E-state index in [1.54, 1.807) is 6.92 Å². The summed E-state index contributed by atoms with van der Waals surface area (Å²) in [5.74, 6) is -0.618. The van der Waals surface area contributed by atoms with Crippen LogP contribution in [0.15, 0.2) is 45.8 Å². The molecule has 0 saturated carbocycles. The molecular formula is C16H12BrClN2O4S. The third-order valence-corrected chi connectivity index (χ3v) is 5.76. The lowest BCUT2D eigenvalue weighted by Crippen LogP contribution is -2.15. The van der Waals surface area contributed by atoms with E-state index in [1.165, 1.54) is 36.4 Å². The number of esters is 1. The van der Waals surface area contributed by atoms with Gasteiger partial charge in [0.25, 0.3) is 10.0 Å². The minimum Gasteiger partial charge on any atom is -0.462 e. The van der Waals surface area contributed by atoms with Crippen LogP contribution >= 0.6 is 27.5 Å². The zero-order valence-electron chi connectivity index (χ0n) is 12.9. The van der Waals surface area contributed by atoms with E-state index < -0.39 is 16.0 Å². The Morgan fingerprint density at radius 2 is 2.04 bits per heavy atom. The molecule has 0 radical (unpaired) electrons. The average molecular weight is 444 g/mol. The first-order chi connectivity index (χ1) is 11.8. The highest BCUT2D eigenvalue weighted by atomic mass is 79.9. The molecule has 0 aliphatic rings. The highest BCUT2D eigenvalue weighted by Crippen LogP contribution is 2.27. The van der Waals surface area contributed by atoms with E-state index in [1.807, 2.05) is 6.07 Å². The van der Waals surface area contributed by atoms with Crippen molar-refractivity contribution < 1.29 is 17.9 Å². The number of sulfonamides is 1. The second-order valence-corrected chi connectivity index (χ2v) is 7.69. The van der Waals surface area contributed by atoms with Crippen LogP contribution in [-0.2, 0) is 14.8 Å². The number of nitrogens with one attached hydrogen (secondary N) is 1. The molecule has 0 spiro atoms. The van der Waals surface area contributed by atoms with E-state index in [0.29, 0.717) is 0 Å². The Bertz CT molecular complexity index is 971. The number of hydrogen-bond donors (Lipinski definition) is 1. The number of ether oxygens (including phenoxy) is 1. The highest BCUT2D eigenvalue weighted by Gasteiger charge is 2.21. The second kappa shape index (κ2) is 7.87. The third kappa shape index (κ3) is 4.51. The molecule has 0 unspecified atom stereocenters. The number of carbonyl (C=O) groups excluding carboxylic acids is 1. The van der Waals surface area contributed by atoms with Crippen LogP contribution < -0.4 is 4.72 Å². The Kier molecular flexibility index (Phi) is 6.06. The van der Waals surface area contributed by atoms with Crippen LogP contribution in [0.25, 0.3) is 0 Å². The maximum atomic E-state index is 12.6. The van der Waals surface area contributed by atoms with Crippen molar-refractivity contribution in [1.29, 1.82) is 5.26 Å². The zero-order chi connectivity index (χ0) is 18.6. The Hall–Kier alpha value is -2.08. The van der Waals surface area contributed by atoms with Crippen LogP contribution in [0.4, 0.5) is 5.69 Å². The molecule has 0 aliphatic heterocycles. The SMILES string of the molecule is CCOC(=O)c1ccc(Br)c(S(=O)(=O)Nc2ccc(C#N)c(Cl)c2)c1. The van der Waals surface area contributed by atoms with Gasteiger partial charge in [0.05, 0.1) is 28.4 Å². The summed E-state index contributed by atoms with van der Waals surface area (Å²) in [4.78, 5) is 11.7. The van der Waals surface area contributed by atoms with E-state index in [4.69, 9.17) is 21.6 Å². The Morgan fingerprint density at radius 1 is 1.32 bits per heavy atom. The largest absolute Gasteiger partial charge is 0.462 e. The number of hydrogen-bond acceptors (Lipinski definition) is 5. The molecule has 1 N–H and O–H groups in total. The van der Waals surface area contributed by atoms with Crippen molar-refractivity contribution in [2.24, 2.45) is 0 Å². The van der Waals surface area contributed by atoms with Gasteiger partial charge < -0.3 is 4.74 Å². The van der Waals surface area contributed by atoms with Gasteiger partial charge in [-0.2, -0.15) is 5.26 Å². The summed E-state index contributed by atoms with van der Waals surface area (Å²) >= 11 is 9.07. The minimum atomic E-state index is -4.00. The molecule has 0 aromatic heterocycles. The summed E-state index contributed by atoms with van der Waals surface area (Å²) in [6.45, 7) is 1.84. The molecule has 0 amide bonds. The van der Waals surface area contributed by atoms with E-state index in [2.05, 4.69) is 20.7 Å². The summed E-state index contributed by atoms with van der Waals surface area (Å²) in [7, 11) is -4.00. The number of nitrogens with zero attached hydrogens (tertiary/aromatic N) is 1. The van der Waals surface area contributed by atoms with Gasteiger partial charge in [-0.3, -0.25) is 4.72 Å². The molecule has 2 aromatic carbocycles. The number of rotatable bonds is 5. The minimum absolute atomic E-state index is 0.114. The van der Waals surface area contributed by atoms with Gasteiger partial charge in [-0.15, -0.1) is 0 Å². The summed E-state index contributed by atoms with van der Waals surface area (Å²) in [5, 5.41) is 8.99. The number of anilines is 1. The first kappa shape index (κ1) is 19.2. The maximum absolute atomic E-state index is 12.6. The number of benzene rings is 2. The number of nitriles is 1. The van der Waals surface area contributed by atoms with Gasteiger partial charge >= 0.3 is 5.97 Å². The fourth-order valence-electron chi connectivity index (χ4n) is 1.93. The Labute approximate surface area is 158 Å². The van der Waals surface area contributed by atoms with Crippen LogP contribution in [-0.4, -0.2) is 21.0 Å². The van der Waals surface area contributed by atoms with E-state index in [9.17, 15) is 13.2 Å². The van der Waals surface area contributed by atoms with Gasteiger partial charge in [-0.05, 0) is 59.3 Å². The van der Waals surface area contributed by atoms with E-state index in [0.717, 1.165) is 0 Å². The van der Waals surface area contributed by atoms with Gasteiger partial charge in [0.2, 0.25) is 0 Å². The first-order valence-corrected chi connectivity index (χ1v) is 9.63. The highest BCUT2D eigenvalue weighted by molar-refractivity contribution is 9.10. The predicted octanol–water partition coefficient (Wildman–Crippen LogP) is 3.95. The predicted molar refractivity (Wildman–Crippen MR) is 97.1 cm³/mol. The lowest BCUT2D eigenvalue weighted by molar-refractivity contribution is 0.0526. The quantitative estimate of drug-likeness (QED) is 0.706. The molecule has 0 fully saturated rings. The molecule has 0 bridgehead atoms. The summed E-state index contributed by atoms with van der Waals surface area (Å²) < 4.78 is 32.8. The number of carbonyl (C=O) groups is 1. The average Bonchev–Trinajstić information content (AvgIpc) is 2.55. The van der Waals surface area contributed by atoms with E-state index in [-0.39, 0.29) is 37.8 Å². The summed E-state index contributed by atoms with van der Waals surface area (Å²) in [6, 6.07) is 10.2. The van der Waals surface area contributed by atoms with Crippen LogP contribution in [0.5, 0.6) is 0 Å². The van der Waals surface area contributed by atoms with Crippen molar-refractivity contribution in [3.8, 4) is 6.07 Å². The van der Waals surface area contributed by atoms with Crippen molar-refractivity contribution in [1.82, 2.24) is 0 Å². The lowest BCUT2D eigenvalue weighted by Gasteiger charge is -2.11. The Morgan fingerprint density at radius 3 is 2.64 bits per heavy atom. The van der Waals surface area contributed by atoms with Crippen molar-refractivity contribution in [3.05, 3.63) is 57.0 Å².